The van der Waals surface area contributed by atoms with Crippen LogP contribution in [0.3, 0.4) is 0 Å². The van der Waals surface area contributed by atoms with E-state index in [1.165, 1.54) is 6.42 Å². The fourth-order valence-corrected chi connectivity index (χ4v) is 5.42. The first kappa shape index (κ1) is 18.8. The predicted octanol–water partition coefficient (Wildman–Crippen LogP) is 3.06. The average molecular weight is 380 g/mol. The van der Waals surface area contributed by atoms with Crippen molar-refractivity contribution < 1.29 is 37.1 Å². The van der Waals surface area contributed by atoms with Crippen LogP contribution in [-0.2, 0) is 28.3 Å². The van der Waals surface area contributed by atoms with Crippen LogP contribution in [0.25, 0.3) is 0 Å². The SMILES string of the molecule is CCC1(OC(=O)COC(=O)C(F)(F)OOS)C2CC3CC(C2)CC1C3. The molecule has 0 aromatic carbocycles. The van der Waals surface area contributed by atoms with Crippen molar-refractivity contribution in [1.29, 1.82) is 0 Å². The molecule has 6 nitrogen and oxygen atoms in total. The molecular weight excluding hydrogens is 358 g/mol. The van der Waals surface area contributed by atoms with Crippen LogP contribution < -0.4 is 0 Å². The van der Waals surface area contributed by atoms with E-state index in [2.05, 4.69) is 26.9 Å². The molecular formula is C16H22F2O6S. The maximum Gasteiger partial charge on any atom is 0.483 e. The second-order valence-electron chi connectivity index (χ2n) is 7.34. The molecule has 0 aromatic heterocycles. The summed E-state index contributed by atoms with van der Waals surface area (Å²) >= 11 is 2.97. The average Bonchev–Trinajstić information content (AvgIpc) is 2.55. The molecule has 0 aliphatic heterocycles. The van der Waals surface area contributed by atoms with Crippen LogP contribution in [0.1, 0.15) is 45.4 Å². The molecule has 0 radical (unpaired) electrons. The first-order valence-corrected chi connectivity index (χ1v) is 8.93. The van der Waals surface area contributed by atoms with Gasteiger partial charge in [0.2, 0.25) is 0 Å². The van der Waals surface area contributed by atoms with Gasteiger partial charge >= 0.3 is 18.0 Å². The summed E-state index contributed by atoms with van der Waals surface area (Å²) in [7, 11) is 0. The zero-order valence-corrected chi connectivity index (χ0v) is 14.8. The molecule has 4 aliphatic carbocycles. The highest BCUT2D eigenvalue weighted by Gasteiger charge is 2.58. The van der Waals surface area contributed by atoms with Gasteiger partial charge in [-0.3, -0.25) is 0 Å². The van der Waals surface area contributed by atoms with Gasteiger partial charge in [0.1, 0.15) is 5.60 Å². The molecule has 4 bridgehead atoms. The van der Waals surface area contributed by atoms with Crippen molar-refractivity contribution in [3.8, 4) is 0 Å². The summed E-state index contributed by atoms with van der Waals surface area (Å²) in [6.45, 7) is 1.09. The van der Waals surface area contributed by atoms with Gasteiger partial charge < -0.3 is 9.47 Å². The van der Waals surface area contributed by atoms with Gasteiger partial charge in [-0.15, -0.1) is 4.89 Å². The van der Waals surface area contributed by atoms with E-state index in [4.69, 9.17) is 4.74 Å². The molecule has 4 fully saturated rings. The van der Waals surface area contributed by atoms with Gasteiger partial charge in [-0.2, -0.15) is 13.1 Å². The molecule has 4 saturated carbocycles. The molecule has 0 aromatic rings. The quantitative estimate of drug-likeness (QED) is 0.241. The van der Waals surface area contributed by atoms with E-state index < -0.39 is 30.3 Å². The number of carbonyl (C=O) groups is 2. The Morgan fingerprint density at radius 3 is 2.16 bits per heavy atom. The third-order valence-electron chi connectivity index (χ3n) is 6.08. The topological polar surface area (TPSA) is 71.1 Å². The van der Waals surface area contributed by atoms with Crippen LogP contribution in [0.2, 0.25) is 0 Å². The summed E-state index contributed by atoms with van der Waals surface area (Å²) in [5, 5.41) is 0. The lowest BCUT2D eigenvalue weighted by Crippen LogP contribution is -2.59. The number of carbonyl (C=O) groups excluding carboxylic acids is 2. The number of ether oxygens (including phenoxy) is 2. The van der Waals surface area contributed by atoms with Gasteiger partial charge in [0.25, 0.3) is 0 Å². The highest BCUT2D eigenvalue weighted by atomic mass is 32.1. The van der Waals surface area contributed by atoms with Crippen molar-refractivity contribution in [2.24, 2.45) is 23.7 Å². The summed E-state index contributed by atoms with van der Waals surface area (Å²) < 4.78 is 39.7. The molecule has 0 atom stereocenters. The molecule has 0 unspecified atom stereocenters. The van der Waals surface area contributed by atoms with Crippen molar-refractivity contribution in [1.82, 2.24) is 0 Å². The smallest absolute Gasteiger partial charge is 0.456 e. The Morgan fingerprint density at radius 1 is 1.12 bits per heavy atom. The Hall–Kier alpha value is -0.930. The number of hydrogen-bond donors (Lipinski definition) is 1. The highest BCUT2D eigenvalue weighted by molar-refractivity contribution is 7.74. The summed E-state index contributed by atoms with van der Waals surface area (Å²) in [6, 6.07) is 0. The summed E-state index contributed by atoms with van der Waals surface area (Å²) in [5.41, 5.74) is -0.565. The molecule has 4 aliphatic rings. The normalized spacial score (nSPS) is 36.3. The second-order valence-corrected chi connectivity index (χ2v) is 7.49. The predicted molar refractivity (Wildman–Crippen MR) is 83.2 cm³/mol. The Kier molecular flexibility index (Phi) is 5.28. The summed E-state index contributed by atoms with van der Waals surface area (Å²) in [4.78, 5) is 26.8. The molecule has 142 valence electrons. The molecule has 25 heavy (non-hydrogen) atoms. The Labute approximate surface area is 150 Å². The van der Waals surface area contributed by atoms with E-state index in [0.717, 1.165) is 25.7 Å². The van der Waals surface area contributed by atoms with Crippen LogP contribution in [-0.4, -0.2) is 30.3 Å². The Bertz CT molecular complexity index is 513. The van der Waals surface area contributed by atoms with Gasteiger partial charge in [-0.05, 0) is 62.2 Å². The third-order valence-corrected chi connectivity index (χ3v) is 6.15. The third kappa shape index (κ3) is 3.50. The minimum absolute atomic E-state index is 0.302. The lowest BCUT2D eigenvalue weighted by atomic mass is 9.49. The van der Waals surface area contributed by atoms with Crippen LogP contribution >= 0.6 is 12.9 Å². The highest BCUT2D eigenvalue weighted by Crippen LogP contribution is 2.60. The minimum Gasteiger partial charge on any atom is -0.456 e. The van der Waals surface area contributed by atoms with Gasteiger partial charge in [-0.25, -0.2) is 9.59 Å². The van der Waals surface area contributed by atoms with Gasteiger partial charge in [0.15, 0.2) is 6.61 Å². The van der Waals surface area contributed by atoms with Gasteiger partial charge in [0.05, 0.1) is 0 Å². The van der Waals surface area contributed by atoms with E-state index in [9.17, 15) is 18.4 Å². The Morgan fingerprint density at radius 2 is 1.68 bits per heavy atom. The number of rotatable bonds is 7. The van der Waals surface area contributed by atoms with Crippen LogP contribution in [0.5, 0.6) is 0 Å². The van der Waals surface area contributed by atoms with Gasteiger partial charge in [-0.1, -0.05) is 6.92 Å². The summed E-state index contributed by atoms with van der Waals surface area (Å²) in [6.07, 6.45) is 1.76. The zero-order valence-electron chi connectivity index (χ0n) is 13.9. The number of alkyl halides is 2. The number of thiol groups is 1. The maximum absolute atomic E-state index is 13.1. The van der Waals surface area contributed by atoms with E-state index in [0.29, 0.717) is 30.1 Å². The molecule has 9 heteroatoms. The van der Waals surface area contributed by atoms with E-state index in [1.807, 2.05) is 6.92 Å². The van der Waals surface area contributed by atoms with Crippen LogP contribution in [0, 0.1) is 23.7 Å². The minimum atomic E-state index is -4.34. The summed E-state index contributed by atoms with van der Waals surface area (Å²) in [5.74, 6) is -0.836. The van der Waals surface area contributed by atoms with Gasteiger partial charge in [0, 0.05) is 12.9 Å². The lowest BCUT2D eigenvalue weighted by molar-refractivity contribution is -0.369. The molecule has 0 N–H and O–H groups in total. The number of esters is 2. The first-order chi connectivity index (χ1) is 11.8. The lowest BCUT2D eigenvalue weighted by Gasteiger charge is -2.60. The van der Waals surface area contributed by atoms with Crippen molar-refractivity contribution in [2.45, 2.75) is 57.2 Å². The zero-order chi connectivity index (χ0) is 18.2. The van der Waals surface area contributed by atoms with Crippen LogP contribution in [0.4, 0.5) is 8.78 Å². The standard InChI is InChI=1S/C16H22F2O6S/c1-2-15(11-4-9-3-10(6-11)7-12(15)5-9)22-13(19)8-21-14(20)16(17,18)23-24-25/h9-12,25H,2-8H2,1H3. The number of hydrogen-bond acceptors (Lipinski definition) is 7. The Balaban J connectivity index is 1.59. The van der Waals surface area contributed by atoms with E-state index >= 15 is 0 Å². The first-order valence-electron chi connectivity index (χ1n) is 8.56. The van der Waals surface area contributed by atoms with Crippen molar-refractivity contribution in [3.05, 3.63) is 0 Å². The van der Waals surface area contributed by atoms with Crippen molar-refractivity contribution >= 4 is 24.8 Å². The van der Waals surface area contributed by atoms with Crippen molar-refractivity contribution in [3.63, 3.8) is 0 Å². The van der Waals surface area contributed by atoms with E-state index in [-0.39, 0.29) is 0 Å². The number of halogens is 2. The fraction of sp³-hybridized carbons (Fsp3) is 0.875. The maximum atomic E-state index is 13.1. The van der Waals surface area contributed by atoms with Crippen LogP contribution in [0.15, 0.2) is 0 Å². The molecule has 0 spiro atoms. The largest absolute Gasteiger partial charge is 0.483 e. The monoisotopic (exact) mass is 380 g/mol. The molecule has 0 heterocycles. The second kappa shape index (κ2) is 7.00. The fourth-order valence-electron chi connectivity index (χ4n) is 5.33. The molecule has 0 amide bonds. The van der Waals surface area contributed by atoms with Crippen molar-refractivity contribution in [2.75, 3.05) is 6.61 Å². The molecule has 0 saturated heterocycles. The van der Waals surface area contributed by atoms with E-state index in [1.54, 1.807) is 0 Å². The molecule has 4 rings (SSSR count).